The van der Waals surface area contributed by atoms with Crippen LogP contribution < -0.4 is 0 Å². The van der Waals surface area contributed by atoms with Gasteiger partial charge in [0.1, 0.15) is 0 Å². The first-order valence-corrected chi connectivity index (χ1v) is 3.66. The fourth-order valence-corrected chi connectivity index (χ4v) is 2.24. The molecule has 2 aliphatic heterocycles. The first-order valence-electron chi connectivity index (χ1n) is 3.66. The van der Waals surface area contributed by atoms with Gasteiger partial charge in [0.25, 0.3) is 0 Å². The largest absolute Gasteiger partial charge is 0.322 e. The summed E-state index contributed by atoms with van der Waals surface area (Å²) in [5.74, 6) is 1.04. The quantitative estimate of drug-likeness (QED) is 0.408. The Balaban J connectivity index is 1.92. The zero-order valence-corrected chi connectivity index (χ0v) is 5.56. The minimum absolute atomic E-state index is 1.04. The fraction of sp³-hybridized carbons (Fsp3) is 1.00. The van der Waals surface area contributed by atoms with Crippen LogP contribution in [-0.4, -0.2) is 30.7 Å². The first-order chi connectivity index (χ1) is 3.81. The van der Waals surface area contributed by atoms with E-state index in [1.807, 2.05) is 0 Å². The zero-order chi connectivity index (χ0) is 5.61. The zero-order valence-electron chi connectivity index (χ0n) is 5.56. The van der Waals surface area contributed by atoms with Gasteiger partial charge in [0, 0.05) is 6.42 Å². The summed E-state index contributed by atoms with van der Waals surface area (Å²) in [4.78, 5) is 0. The monoisotopic (exact) mass is 112 g/mol. The van der Waals surface area contributed by atoms with Crippen molar-refractivity contribution < 1.29 is 4.48 Å². The molecule has 2 rings (SSSR count). The predicted molar refractivity (Wildman–Crippen MR) is 33.5 cm³/mol. The van der Waals surface area contributed by atoms with Crippen molar-refractivity contribution in [3.8, 4) is 0 Å². The molecule has 0 amide bonds. The van der Waals surface area contributed by atoms with E-state index in [0.717, 1.165) is 5.92 Å². The predicted octanol–water partition coefficient (Wildman–Crippen LogP) is 0.857. The van der Waals surface area contributed by atoms with Gasteiger partial charge in [-0.15, -0.1) is 0 Å². The minimum Gasteiger partial charge on any atom is -0.322 e. The molecule has 0 N–H and O–H groups in total. The van der Waals surface area contributed by atoms with Crippen LogP contribution in [0.15, 0.2) is 0 Å². The molecule has 0 aromatic heterocycles. The Morgan fingerprint density at radius 3 is 2.00 bits per heavy atom. The summed E-state index contributed by atoms with van der Waals surface area (Å²) in [5.41, 5.74) is 0. The summed E-state index contributed by atoms with van der Waals surface area (Å²) in [5, 5.41) is 0. The Morgan fingerprint density at radius 2 is 1.88 bits per heavy atom. The van der Waals surface area contributed by atoms with E-state index < -0.39 is 0 Å². The molecule has 0 saturated carbocycles. The Kier molecular flexibility index (Phi) is 0.762. The normalized spacial score (nSPS) is 34.1. The molecule has 1 spiro atoms. The molecule has 0 aliphatic carbocycles. The Labute approximate surface area is 50.9 Å². The van der Waals surface area contributed by atoms with E-state index in [9.17, 15) is 0 Å². The standard InChI is InChI=1S/C7H14N/c1-7-5-8(6-7)3-2-4-8/h7H,2-6H2,1H3/q+1. The van der Waals surface area contributed by atoms with Gasteiger partial charge in [-0.05, 0) is 0 Å². The highest BCUT2D eigenvalue weighted by atomic mass is 15.4. The summed E-state index contributed by atoms with van der Waals surface area (Å²) >= 11 is 0. The van der Waals surface area contributed by atoms with Gasteiger partial charge >= 0.3 is 0 Å². The van der Waals surface area contributed by atoms with Crippen LogP contribution in [0.2, 0.25) is 0 Å². The molecule has 2 saturated heterocycles. The van der Waals surface area contributed by atoms with Gasteiger partial charge in [-0.3, -0.25) is 0 Å². The maximum absolute atomic E-state index is 2.36. The second kappa shape index (κ2) is 1.27. The van der Waals surface area contributed by atoms with E-state index in [1.54, 1.807) is 0 Å². The van der Waals surface area contributed by atoms with Crippen molar-refractivity contribution in [2.24, 2.45) is 5.92 Å². The molecular formula is C7H14N+. The van der Waals surface area contributed by atoms with Crippen molar-refractivity contribution in [1.29, 1.82) is 0 Å². The topological polar surface area (TPSA) is 0 Å². The van der Waals surface area contributed by atoms with E-state index >= 15 is 0 Å². The smallest absolute Gasteiger partial charge is 0.0867 e. The lowest BCUT2D eigenvalue weighted by molar-refractivity contribution is -1.01. The van der Waals surface area contributed by atoms with Gasteiger partial charge < -0.3 is 4.48 Å². The lowest BCUT2D eigenvalue weighted by atomic mass is 9.92. The molecule has 0 aromatic rings. The number of hydrogen-bond acceptors (Lipinski definition) is 0. The van der Waals surface area contributed by atoms with Crippen molar-refractivity contribution in [2.75, 3.05) is 26.2 Å². The van der Waals surface area contributed by atoms with Gasteiger partial charge in [-0.2, -0.15) is 0 Å². The molecule has 1 heteroatoms. The Bertz CT molecular complexity index is 97.0. The van der Waals surface area contributed by atoms with Crippen LogP contribution in [0.3, 0.4) is 0 Å². The molecule has 46 valence electrons. The number of rotatable bonds is 0. The van der Waals surface area contributed by atoms with Crippen LogP contribution in [0.1, 0.15) is 13.3 Å². The molecule has 0 bridgehead atoms. The van der Waals surface area contributed by atoms with Crippen molar-refractivity contribution in [2.45, 2.75) is 13.3 Å². The van der Waals surface area contributed by atoms with Crippen LogP contribution in [0, 0.1) is 5.92 Å². The lowest BCUT2D eigenvalue weighted by Gasteiger charge is -2.55. The molecule has 8 heavy (non-hydrogen) atoms. The molecule has 0 atom stereocenters. The Morgan fingerprint density at radius 1 is 1.25 bits per heavy atom. The summed E-state index contributed by atoms with van der Waals surface area (Å²) in [6.07, 6.45) is 1.49. The van der Waals surface area contributed by atoms with E-state index in [-0.39, 0.29) is 0 Å². The Hall–Kier alpha value is -0.0400. The average molecular weight is 112 g/mol. The first kappa shape index (κ1) is 4.80. The number of hydrogen-bond donors (Lipinski definition) is 0. The minimum atomic E-state index is 1.04. The maximum atomic E-state index is 2.36. The highest BCUT2D eigenvalue weighted by molar-refractivity contribution is 4.69. The van der Waals surface area contributed by atoms with Gasteiger partial charge in [-0.25, -0.2) is 0 Å². The number of quaternary nitrogens is 1. The highest BCUT2D eigenvalue weighted by Crippen LogP contribution is 2.32. The summed E-state index contributed by atoms with van der Waals surface area (Å²) in [7, 11) is 0. The molecule has 1 nitrogen and oxygen atoms in total. The maximum Gasteiger partial charge on any atom is 0.0867 e. The van der Waals surface area contributed by atoms with Crippen molar-refractivity contribution in [1.82, 2.24) is 0 Å². The van der Waals surface area contributed by atoms with Crippen LogP contribution in [0.25, 0.3) is 0 Å². The second-order valence-corrected chi connectivity index (χ2v) is 3.61. The van der Waals surface area contributed by atoms with Crippen LogP contribution in [-0.2, 0) is 0 Å². The third-order valence-corrected chi connectivity index (χ3v) is 2.66. The third-order valence-electron chi connectivity index (χ3n) is 2.66. The summed E-state index contributed by atoms with van der Waals surface area (Å²) in [6.45, 7) is 8.32. The average Bonchev–Trinajstić information content (AvgIpc) is 1.51. The molecular weight excluding hydrogens is 98.1 g/mol. The third kappa shape index (κ3) is 0.455. The van der Waals surface area contributed by atoms with Gasteiger partial charge in [0.15, 0.2) is 0 Å². The molecule has 2 heterocycles. The van der Waals surface area contributed by atoms with E-state index in [2.05, 4.69) is 6.92 Å². The lowest BCUT2D eigenvalue weighted by Crippen LogP contribution is -2.69. The van der Waals surface area contributed by atoms with Gasteiger partial charge in [0.05, 0.1) is 32.1 Å². The SMILES string of the molecule is CC1C[N+]2(CCC2)C1. The molecule has 0 radical (unpaired) electrons. The fourth-order valence-electron chi connectivity index (χ4n) is 2.24. The second-order valence-electron chi connectivity index (χ2n) is 3.61. The molecule has 2 fully saturated rings. The van der Waals surface area contributed by atoms with Crippen LogP contribution >= 0.6 is 0 Å². The van der Waals surface area contributed by atoms with E-state index in [4.69, 9.17) is 0 Å². The number of nitrogens with zero attached hydrogens (tertiary/aromatic N) is 1. The van der Waals surface area contributed by atoms with Crippen LogP contribution in [0.4, 0.5) is 0 Å². The van der Waals surface area contributed by atoms with Crippen molar-refractivity contribution in [3.05, 3.63) is 0 Å². The van der Waals surface area contributed by atoms with Gasteiger partial charge in [0.2, 0.25) is 0 Å². The van der Waals surface area contributed by atoms with Gasteiger partial charge in [-0.1, -0.05) is 6.92 Å². The highest BCUT2D eigenvalue weighted by Gasteiger charge is 2.45. The van der Waals surface area contributed by atoms with Crippen LogP contribution in [0.5, 0.6) is 0 Å². The molecule has 2 aliphatic rings. The summed E-state index contributed by atoms with van der Waals surface area (Å²) < 4.78 is 1.49. The summed E-state index contributed by atoms with van der Waals surface area (Å²) in [6, 6.07) is 0. The molecule has 0 unspecified atom stereocenters. The van der Waals surface area contributed by atoms with Crippen molar-refractivity contribution >= 4 is 0 Å². The van der Waals surface area contributed by atoms with Crippen molar-refractivity contribution in [3.63, 3.8) is 0 Å². The van der Waals surface area contributed by atoms with E-state index in [0.29, 0.717) is 0 Å². The molecule has 0 aromatic carbocycles. The van der Waals surface area contributed by atoms with E-state index in [1.165, 1.54) is 37.1 Å².